The monoisotopic (exact) mass is 671 g/mol. The van der Waals surface area contributed by atoms with Crippen LogP contribution in [0.1, 0.15) is 58.6 Å². The number of amides is 3. The molecule has 1 aliphatic carbocycles. The van der Waals surface area contributed by atoms with Crippen molar-refractivity contribution in [3.05, 3.63) is 41.6 Å². The van der Waals surface area contributed by atoms with E-state index in [2.05, 4.69) is 33.5 Å². The van der Waals surface area contributed by atoms with Gasteiger partial charge in [-0.25, -0.2) is 0 Å². The molecule has 0 spiro atoms. The van der Waals surface area contributed by atoms with Crippen molar-refractivity contribution in [2.75, 3.05) is 25.9 Å². The zero-order valence-electron chi connectivity index (χ0n) is 27.7. The van der Waals surface area contributed by atoms with Gasteiger partial charge in [-0.05, 0) is 61.9 Å². The molecule has 0 bridgehead atoms. The lowest BCUT2D eigenvalue weighted by molar-refractivity contribution is -0.323. The average molecular weight is 672 g/mol. The molecular formula is C33H45N5O8S. The molecule has 1 aromatic heterocycles. The predicted molar refractivity (Wildman–Crippen MR) is 174 cm³/mol. The van der Waals surface area contributed by atoms with Crippen molar-refractivity contribution in [3.8, 4) is 0 Å². The Balaban J connectivity index is 0.000000591. The number of hydrogen-bond acceptors (Lipinski definition) is 8. The number of carbonyl (C=O) groups excluding carboxylic acids is 3. The first-order valence-electron chi connectivity index (χ1n) is 16.4. The second kappa shape index (κ2) is 11.7. The highest BCUT2D eigenvalue weighted by Gasteiger charge is 2.72. The zero-order valence-corrected chi connectivity index (χ0v) is 28.5. The maximum absolute atomic E-state index is 14.3. The summed E-state index contributed by atoms with van der Waals surface area (Å²) in [4.78, 5) is 50.4. The van der Waals surface area contributed by atoms with Gasteiger partial charge in [-0.15, -0.1) is 0 Å². The summed E-state index contributed by atoms with van der Waals surface area (Å²) in [5, 5.41) is 16.2. The highest BCUT2D eigenvalue weighted by Crippen LogP contribution is 2.49. The largest absolute Gasteiger partial charge is 0.361 e. The number of fused-ring (bicyclic) bond motifs is 5. The second-order valence-corrected chi connectivity index (χ2v) is 15.7. The molecule has 3 amide bonds. The van der Waals surface area contributed by atoms with Crippen LogP contribution in [0.25, 0.3) is 16.5 Å². The number of hydrogen-bond donors (Lipinski definition) is 4. The number of rotatable bonds is 5. The van der Waals surface area contributed by atoms with Crippen molar-refractivity contribution in [1.29, 1.82) is 0 Å². The highest BCUT2D eigenvalue weighted by atomic mass is 32.2. The smallest absolute Gasteiger partial charge is 0.281 e. The Kier molecular flexibility index (Phi) is 8.36. The molecular weight excluding hydrogens is 626 g/mol. The normalized spacial score (nSPS) is 31.8. The van der Waals surface area contributed by atoms with E-state index < -0.39 is 51.6 Å². The SMILES string of the molecule is CC(C)[C@H]1C(=O)N2CCC[C@H]2[C@]2(O)O[C@](NC(=O)C3C=C4c5cccc6[nH]cc(c56)C[C@H]4N(C)C3)(C(C)C)C(=O)N12.CCS(=O)(=O)O. The van der Waals surface area contributed by atoms with Crippen molar-refractivity contribution in [2.24, 2.45) is 17.8 Å². The summed E-state index contributed by atoms with van der Waals surface area (Å²) in [6.07, 6.45) is 6.21. The molecule has 1 aromatic carbocycles. The van der Waals surface area contributed by atoms with Gasteiger partial charge in [-0.1, -0.05) is 45.9 Å². The maximum Gasteiger partial charge on any atom is 0.281 e. The van der Waals surface area contributed by atoms with Crippen molar-refractivity contribution < 1.29 is 37.2 Å². The number of ether oxygens (including phenoxy) is 1. The Labute approximate surface area is 275 Å². The van der Waals surface area contributed by atoms with Crippen LogP contribution in [0.5, 0.6) is 0 Å². The fourth-order valence-corrected chi connectivity index (χ4v) is 7.97. The topological polar surface area (TPSA) is 173 Å². The first-order valence-corrected chi connectivity index (χ1v) is 18.0. The molecule has 1 unspecified atom stereocenters. The number of H-pyrrole nitrogens is 1. The third-order valence-electron chi connectivity index (χ3n) is 10.4. The Morgan fingerprint density at radius 2 is 1.91 bits per heavy atom. The van der Waals surface area contributed by atoms with E-state index in [1.54, 1.807) is 18.7 Å². The lowest BCUT2D eigenvalue weighted by Crippen LogP contribution is -2.72. The van der Waals surface area contributed by atoms with Gasteiger partial charge in [0, 0.05) is 42.1 Å². The molecule has 4 N–H and O–H groups in total. The molecule has 6 atom stereocenters. The molecule has 3 saturated heterocycles. The molecule has 256 valence electrons. The van der Waals surface area contributed by atoms with E-state index >= 15 is 0 Å². The van der Waals surface area contributed by atoms with Gasteiger partial charge in [0.2, 0.25) is 17.5 Å². The molecule has 47 heavy (non-hydrogen) atoms. The standard InChI is InChI=1S/C31H39N5O5.C2H6O3S/c1-16(2)26-28(38)35-11-7-10-24(35)31(40)36(26)29(39)30(41-31,17(3)4)33-27(37)19-12-21-20-8-6-9-22-25(20)18(14-32-22)13-23(21)34(5)15-19;1-2-6(3,4)5/h6,8-9,12,14,16-17,19,23-24,26,32,40H,7,10-11,13,15H2,1-5H3,(H,33,37);2H2,1H3,(H,3,4,5)/t19?,23-,24+,26+,30-,31+;/m1./s1. The van der Waals surface area contributed by atoms with Crippen LogP contribution < -0.4 is 5.32 Å². The summed E-state index contributed by atoms with van der Waals surface area (Å²) < 4.78 is 33.3. The van der Waals surface area contributed by atoms with Crippen LogP contribution in [-0.2, 0) is 35.7 Å². The highest BCUT2D eigenvalue weighted by molar-refractivity contribution is 7.85. The number of likely N-dealkylation sites (N-methyl/N-ethyl adjacent to an activating group) is 1. The van der Waals surface area contributed by atoms with E-state index in [-0.39, 0.29) is 29.5 Å². The first kappa shape index (κ1) is 33.6. The van der Waals surface area contributed by atoms with Crippen LogP contribution >= 0.6 is 0 Å². The molecule has 5 heterocycles. The van der Waals surface area contributed by atoms with E-state index in [9.17, 15) is 27.9 Å². The quantitative estimate of drug-likeness (QED) is 0.347. The van der Waals surface area contributed by atoms with E-state index in [1.165, 1.54) is 22.8 Å². The Morgan fingerprint density at radius 1 is 1.21 bits per heavy atom. The molecule has 5 aliphatic rings. The summed E-state index contributed by atoms with van der Waals surface area (Å²) in [5.74, 6) is -4.56. The summed E-state index contributed by atoms with van der Waals surface area (Å²) in [6.45, 7) is 9.69. The number of nitrogens with one attached hydrogen (secondary N) is 2. The number of nitrogens with zero attached hydrogens (tertiary/aromatic N) is 3. The molecule has 14 heteroatoms. The van der Waals surface area contributed by atoms with Crippen molar-refractivity contribution >= 4 is 44.3 Å². The summed E-state index contributed by atoms with van der Waals surface area (Å²) in [7, 11) is -1.63. The molecule has 3 fully saturated rings. The average Bonchev–Trinajstić information content (AvgIpc) is 3.72. The minimum absolute atomic E-state index is 0.150. The number of aromatic nitrogens is 1. The van der Waals surface area contributed by atoms with Gasteiger partial charge in [-0.3, -0.25) is 33.5 Å². The number of aliphatic hydroxyl groups is 1. The van der Waals surface area contributed by atoms with Crippen LogP contribution in [0.15, 0.2) is 30.5 Å². The lowest BCUT2D eigenvalue weighted by atomic mass is 9.79. The van der Waals surface area contributed by atoms with Crippen LogP contribution in [0.2, 0.25) is 0 Å². The summed E-state index contributed by atoms with van der Waals surface area (Å²) in [6, 6.07) is 4.80. The minimum atomic E-state index is -3.66. The predicted octanol–water partition coefficient (Wildman–Crippen LogP) is 1.93. The van der Waals surface area contributed by atoms with Crippen LogP contribution in [-0.4, -0.2) is 111 Å². The number of benzene rings is 1. The number of piperazine rings is 1. The third kappa shape index (κ3) is 5.28. The van der Waals surface area contributed by atoms with E-state index in [0.717, 1.165) is 23.1 Å². The zero-order chi connectivity index (χ0) is 34.2. The molecule has 0 saturated carbocycles. The summed E-state index contributed by atoms with van der Waals surface area (Å²) in [5.41, 5.74) is 2.78. The third-order valence-corrected chi connectivity index (χ3v) is 11.1. The van der Waals surface area contributed by atoms with Gasteiger partial charge in [-0.2, -0.15) is 8.42 Å². The summed E-state index contributed by atoms with van der Waals surface area (Å²) >= 11 is 0. The molecule has 0 radical (unpaired) electrons. The van der Waals surface area contributed by atoms with Gasteiger partial charge < -0.3 is 20.3 Å². The van der Waals surface area contributed by atoms with Gasteiger partial charge in [0.1, 0.15) is 12.1 Å². The Hall–Kier alpha value is -3.30. The van der Waals surface area contributed by atoms with E-state index in [4.69, 9.17) is 9.29 Å². The number of aromatic amines is 1. The molecule has 7 rings (SSSR count). The van der Waals surface area contributed by atoms with Gasteiger partial charge in [0.25, 0.3) is 21.9 Å². The lowest BCUT2D eigenvalue weighted by Gasteiger charge is -2.49. The first-order chi connectivity index (χ1) is 22.0. The van der Waals surface area contributed by atoms with E-state index in [1.807, 2.05) is 33.0 Å². The van der Waals surface area contributed by atoms with Crippen molar-refractivity contribution in [2.45, 2.75) is 83.6 Å². The van der Waals surface area contributed by atoms with Crippen molar-refractivity contribution in [3.63, 3.8) is 0 Å². The van der Waals surface area contributed by atoms with E-state index in [0.29, 0.717) is 25.9 Å². The fourth-order valence-electron chi connectivity index (χ4n) is 7.97. The molecule has 4 aliphatic heterocycles. The van der Waals surface area contributed by atoms with Crippen molar-refractivity contribution in [1.82, 2.24) is 25.0 Å². The van der Waals surface area contributed by atoms with Gasteiger partial charge in [0.05, 0.1) is 11.7 Å². The fraction of sp³-hybridized carbons (Fsp3) is 0.606. The Morgan fingerprint density at radius 3 is 2.55 bits per heavy atom. The minimum Gasteiger partial charge on any atom is -0.361 e. The van der Waals surface area contributed by atoms with Crippen LogP contribution in [0, 0.1) is 17.8 Å². The maximum atomic E-state index is 14.3. The van der Waals surface area contributed by atoms with Gasteiger partial charge >= 0.3 is 0 Å². The van der Waals surface area contributed by atoms with Gasteiger partial charge in [0.15, 0.2) is 0 Å². The van der Waals surface area contributed by atoms with Crippen LogP contribution in [0.3, 0.4) is 0 Å². The molecule has 2 aromatic rings. The molecule has 13 nitrogen and oxygen atoms in total. The second-order valence-electron chi connectivity index (χ2n) is 14.0. The van der Waals surface area contributed by atoms with Crippen LogP contribution in [0.4, 0.5) is 0 Å². The Bertz CT molecular complexity index is 1750. The number of carbonyl (C=O) groups is 3.